The summed E-state index contributed by atoms with van der Waals surface area (Å²) in [6.07, 6.45) is -3.05. The molecule has 7 heteroatoms. The molecule has 4 nitrogen and oxygen atoms in total. The first-order valence-electron chi connectivity index (χ1n) is 6.23. The number of hydrogen-bond acceptors (Lipinski definition) is 3. The molecule has 1 aromatic heterocycles. The number of aromatic nitrogens is 2. The molecule has 3 aromatic rings. The fraction of sp³-hybridized carbons (Fsp3) is 0.0667. The van der Waals surface area contributed by atoms with Crippen LogP contribution < -0.4 is 5.11 Å². The second kappa shape index (κ2) is 4.87. The Kier molecular flexibility index (Phi) is 3.13. The van der Waals surface area contributed by atoms with E-state index in [0.29, 0.717) is 10.9 Å². The van der Waals surface area contributed by atoms with Gasteiger partial charge < -0.3 is 9.90 Å². The van der Waals surface area contributed by atoms with Crippen LogP contribution >= 0.6 is 0 Å². The molecule has 3 rings (SSSR count). The lowest BCUT2D eigenvalue weighted by Crippen LogP contribution is -2.21. The van der Waals surface area contributed by atoms with Gasteiger partial charge in [0.25, 0.3) is 0 Å². The summed E-state index contributed by atoms with van der Waals surface area (Å²) in [6.45, 7) is 0. The Labute approximate surface area is 122 Å². The smallest absolute Gasteiger partial charge is 0.416 e. The molecule has 0 atom stereocenters. The molecule has 0 bridgehead atoms. The monoisotopic (exact) mass is 305 g/mol. The molecule has 0 aliphatic carbocycles. The summed E-state index contributed by atoms with van der Waals surface area (Å²) in [5.41, 5.74) is -0.0496. The van der Waals surface area contributed by atoms with E-state index >= 15 is 0 Å². The van der Waals surface area contributed by atoms with Crippen molar-refractivity contribution < 1.29 is 23.1 Å². The molecule has 1 heterocycles. The van der Waals surface area contributed by atoms with Gasteiger partial charge in [0.2, 0.25) is 0 Å². The van der Waals surface area contributed by atoms with Gasteiger partial charge in [-0.25, -0.2) is 4.68 Å². The van der Waals surface area contributed by atoms with Crippen molar-refractivity contribution in [2.45, 2.75) is 6.18 Å². The Morgan fingerprint density at radius 1 is 1.14 bits per heavy atom. The first kappa shape index (κ1) is 14.1. The van der Waals surface area contributed by atoms with Crippen molar-refractivity contribution in [3.8, 4) is 5.69 Å². The van der Waals surface area contributed by atoms with Gasteiger partial charge in [0.05, 0.1) is 28.9 Å². The van der Waals surface area contributed by atoms with Crippen LogP contribution in [-0.4, -0.2) is 15.7 Å². The van der Waals surface area contributed by atoms with Gasteiger partial charge in [-0.1, -0.05) is 12.1 Å². The van der Waals surface area contributed by atoms with Crippen molar-refractivity contribution in [1.29, 1.82) is 0 Å². The number of nitrogens with zero attached hydrogens (tertiary/aromatic N) is 2. The topological polar surface area (TPSA) is 57.9 Å². The van der Waals surface area contributed by atoms with E-state index in [4.69, 9.17) is 0 Å². The van der Waals surface area contributed by atoms with Crippen LogP contribution in [0.5, 0.6) is 0 Å². The molecule has 0 amide bonds. The highest BCUT2D eigenvalue weighted by Gasteiger charge is 2.30. The summed E-state index contributed by atoms with van der Waals surface area (Å²) in [4.78, 5) is 10.8. The summed E-state index contributed by atoms with van der Waals surface area (Å²) in [5, 5.41) is 15.3. The summed E-state index contributed by atoms with van der Waals surface area (Å²) in [5.74, 6) is -1.33. The third-order valence-electron chi connectivity index (χ3n) is 3.22. The van der Waals surface area contributed by atoms with Gasteiger partial charge in [-0.2, -0.15) is 18.3 Å². The van der Waals surface area contributed by atoms with Gasteiger partial charge in [-0.15, -0.1) is 0 Å². The van der Waals surface area contributed by atoms with Gasteiger partial charge in [-0.05, 0) is 35.9 Å². The second-order valence-corrected chi connectivity index (χ2v) is 4.67. The van der Waals surface area contributed by atoms with Gasteiger partial charge in [-0.3, -0.25) is 0 Å². The predicted molar refractivity (Wildman–Crippen MR) is 70.4 cm³/mol. The van der Waals surface area contributed by atoms with Crippen molar-refractivity contribution >= 4 is 16.9 Å². The average molecular weight is 305 g/mol. The minimum absolute atomic E-state index is 0.0175. The van der Waals surface area contributed by atoms with Gasteiger partial charge >= 0.3 is 6.18 Å². The Balaban J connectivity index is 2.13. The van der Waals surface area contributed by atoms with E-state index in [-0.39, 0.29) is 11.3 Å². The van der Waals surface area contributed by atoms with Crippen LogP contribution in [0.1, 0.15) is 15.9 Å². The van der Waals surface area contributed by atoms with Crippen LogP contribution in [0.2, 0.25) is 0 Å². The zero-order valence-electron chi connectivity index (χ0n) is 11.0. The highest BCUT2D eigenvalue weighted by molar-refractivity contribution is 5.92. The number of alkyl halides is 3. The second-order valence-electron chi connectivity index (χ2n) is 4.67. The van der Waals surface area contributed by atoms with Crippen molar-refractivity contribution in [1.82, 2.24) is 9.78 Å². The lowest BCUT2D eigenvalue weighted by atomic mass is 10.1. The van der Waals surface area contributed by atoms with E-state index in [2.05, 4.69) is 5.10 Å². The summed E-state index contributed by atoms with van der Waals surface area (Å²) < 4.78 is 39.6. The number of halogens is 3. The third kappa shape index (κ3) is 2.41. The largest absolute Gasteiger partial charge is 0.545 e. The van der Waals surface area contributed by atoms with E-state index in [9.17, 15) is 23.1 Å². The molecule has 22 heavy (non-hydrogen) atoms. The molecule has 0 N–H and O–H groups in total. The zero-order chi connectivity index (χ0) is 15.9. The number of carboxylic acid groups (broad SMARTS) is 1. The van der Waals surface area contributed by atoms with Gasteiger partial charge in [0.1, 0.15) is 0 Å². The molecule has 2 aromatic carbocycles. The highest BCUT2D eigenvalue weighted by Crippen LogP contribution is 2.31. The van der Waals surface area contributed by atoms with Crippen molar-refractivity contribution in [3.05, 3.63) is 59.8 Å². The molecule has 0 saturated heterocycles. The molecule has 0 saturated carbocycles. The van der Waals surface area contributed by atoms with Gasteiger partial charge in [0, 0.05) is 5.39 Å². The maximum Gasteiger partial charge on any atom is 0.416 e. The molecule has 112 valence electrons. The normalized spacial score (nSPS) is 11.8. The molecule has 0 aliphatic rings. The number of benzene rings is 2. The minimum atomic E-state index is -4.44. The maximum absolute atomic E-state index is 12.8. The Morgan fingerprint density at radius 3 is 2.59 bits per heavy atom. The molecule has 0 unspecified atom stereocenters. The van der Waals surface area contributed by atoms with Crippen molar-refractivity contribution in [2.24, 2.45) is 0 Å². The number of carbonyl (C=O) groups excluding carboxylic acids is 1. The van der Waals surface area contributed by atoms with E-state index in [0.717, 1.165) is 12.1 Å². The van der Waals surface area contributed by atoms with E-state index in [1.54, 1.807) is 0 Å². The van der Waals surface area contributed by atoms with Crippen LogP contribution in [-0.2, 0) is 6.18 Å². The van der Waals surface area contributed by atoms with Crippen molar-refractivity contribution in [2.75, 3.05) is 0 Å². The number of carboxylic acids is 1. The number of hydrogen-bond donors (Lipinski definition) is 0. The summed E-state index contributed by atoms with van der Waals surface area (Å²) >= 11 is 0. The molecule has 0 radical (unpaired) electrons. The standard InChI is InChI=1S/C15H9F3N2O2/c16-15(17,18)11-2-1-3-12(7-11)20-13-5-4-9(14(21)22)6-10(13)8-19-20/h1-8H,(H,21,22)/p-1. The lowest BCUT2D eigenvalue weighted by Gasteiger charge is -2.09. The number of aromatic carboxylic acids is 1. The van der Waals surface area contributed by atoms with Crippen LogP contribution in [0.15, 0.2) is 48.7 Å². The SMILES string of the molecule is O=C([O-])c1ccc2c(cnn2-c2cccc(C(F)(F)F)c2)c1. The Hall–Kier alpha value is -2.83. The quantitative estimate of drug-likeness (QED) is 0.730. The van der Waals surface area contributed by atoms with Gasteiger partial charge in [0.15, 0.2) is 0 Å². The molecule has 0 aliphatic heterocycles. The first-order valence-corrected chi connectivity index (χ1v) is 6.23. The van der Waals surface area contributed by atoms with Crippen LogP contribution in [0.25, 0.3) is 16.6 Å². The summed E-state index contributed by atoms with van der Waals surface area (Å²) in [6, 6.07) is 8.91. The predicted octanol–water partition coefficient (Wildman–Crippen LogP) is 2.41. The maximum atomic E-state index is 12.8. The number of rotatable bonds is 2. The highest BCUT2D eigenvalue weighted by atomic mass is 19.4. The van der Waals surface area contributed by atoms with E-state index < -0.39 is 17.7 Å². The van der Waals surface area contributed by atoms with E-state index in [1.807, 2.05) is 0 Å². The Bertz CT molecular complexity index is 869. The third-order valence-corrected chi connectivity index (χ3v) is 3.22. The summed E-state index contributed by atoms with van der Waals surface area (Å²) in [7, 11) is 0. The zero-order valence-corrected chi connectivity index (χ0v) is 11.0. The minimum Gasteiger partial charge on any atom is -0.545 e. The average Bonchev–Trinajstić information content (AvgIpc) is 2.89. The van der Waals surface area contributed by atoms with E-state index in [1.165, 1.54) is 41.2 Å². The molecule has 0 fully saturated rings. The molecular formula is C15H8F3N2O2-. The fourth-order valence-electron chi connectivity index (χ4n) is 2.18. The van der Waals surface area contributed by atoms with Crippen LogP contribution in [0, 0.1) is 0 Å². The Morgan fingerprint density at radius 2 is 1.91 bits per heavy atom. The van der Waals surface area contributed by atoms with Crippen molar-refractivity contribution in [3.63, 3.8) is 0 Å². The van der Waals surface area contributed by atoms with Crippen LogP contribution in [0.3, 0.4) is 0 Å². The fourth-order valence-corrected chi connectivity index (χ4v) is 2.18. The molecular weight excluding hydrogens is 297 g/mol. The first-order chi connectivity index (χ1) is 10.4. The van der Waals surface area contributed by atoms with Crippen LogP contribution in [0.4, 0.5) is 13.2 Å². The number of fused-ring (bicyclic) bond motifs is 1. The molecule has 0 spiro atoms. The lowest BCUT2D eigenvalue weighted by molar-refractivity contribution is -0.255. The number of carbonyl (C=O) groups is 1.